The summed E-state index contributed by atoms with van der Waals surface area (Å²) < 4.78 is 0. The lowest BCUT2D eigenvalue weighted by Crippen LogP contribution is -2.45. The van der Waals surface area contributed by atoms with Crippen molar-refractivity contribution in [2.24, 2.45) is 0 Å². The molecule has 0 aromatic heterocycles. The van der Waals surface area contributed by atoms with Crippen LogP contribution in [0, 0.1) is 0 Å². The normalized spacial score (nSPS) is 36.4. The number of amides is 1. The highest BCUT2D eigenvalue weighted by Crippen LogP contribution is 2.27. The van der Waals surface area contributed by atoms with E-state index in [1.807, 2.05) is 0 Å². The zero-order chi connectivity index (χ0) is 14.0. The molecule has 2 saturated heterocycles. The van der Waals surface area contributed by atoms with E-state index in [0.717, 1.165) is 25.8 Å². The van der Waals surface area contributed by atoms with Gasteiger partial charge in [-0.1, -0.05) is 20.3 Å². The summed E-state index contributed by atoms with van der Waals surface area (Å²) in [6.45, 7) is 8.40. The molecule has 0 aromatic carbocycles. The van der Waals surface area contributed by atoms with Gasteiger partial charge in [-0.25, -0.2) is 0 Å². The van der Waals surface area contributed by atoms with Crippen molar-refractivity contribution >= 4 is 5.91 Å². The van der Waals surface area contributed by atoms with Crippen molar-refractivity contribution in [1.29, 1.82) is 0 Å². The number of likely N-dealkylation sites (tertiary alicyclic amines) is 1. The molecule has 2 aliphatic rings. The van der Waals surface area contributed by atoms with Crippen molar-refractivity contribution in [2.75, 3.05) is 20.1 Å². The van der Waals surface area contributed by atoms with E-state index in [1.165, 1.54) is 19.4 Å². The van der Waals surface area contributed by atoms with E-state index >= 15 is 0 Å². The quantitative estimate of drug-likeness (QED) is 0.825. The summed E-state index contributed by atoms with van der Waals surface area (Å²) in [5, 5.41) is 3.56. The lowest BCUT2D eigenvalue weighted by atomic mass is 9.99. The number of carbonyl (C=O) groups excluding carboxylic acids is 1. The Kier molecular flexibility index (Phi) is 4.51. The van der Waals surface area contributed by atoms with Gasteiger partial charge in [0.25, 0.3) is 0 Å². The lowest BCUT2D eigenvalue weighted by Gasteiger charge is -2.30. The van der Waals surface area contributed by atoms with Gasteiger partial charge in [0.15, 0.2) is 0 Å². The maximum absolute atomic E-state index is 12.7. The number of nitrogens with zero attached hydrogens (tertiary/aromatic N) is 2. The maximum atomic E-state index is 12.7. The third kappa shape index (κ3) is 2.79. The summed E-state index contributed by atoms with van der Waals surface area (Å²) in [6.07, 6.45) is 5.75. The minimum atomic E-state index is -0.350. The first kappa shape index (κ1) is 14.8. The molecular formula is C15H29N3O. The van der Waals surface area contributed by atoms with E-state index in [9.17, 15) is 4.79 Å². The minimum absolute atomic E-state index is 0.233. The first-order valence-corrected chi connectivity index (χ1v) is 7.80. The average molecular weight is 267 g/mol. The van der Waals surface area contributed by atoms with Gasteiger partial charge in [0.1, 0.15) is 0 Å². The second kappa shape index (κ2) is 5.80. The highest BCUT2D eigenvalue weighted by molar-refractivity contribution is 5.88. The van der Waals surface area contributed by atoms with Crippen molar-refractivity contribution in [1.82, 2.24) is 15.1 Å². The Morgan fingerprint density at radius 3 is 2.68 bits per heavy atom. The smallest absolute Gasteiger partial charge is 0.243 e. The molecule has 3 atom stereocenters. The number of likely N-dealkylation sites (N-methyl/N-ethyl adjacent to an activating group) is 1. The van der Waals surface area contributed by atoms with Gasteiger partial charge >= 0.3 is 0 Å². The number of rotatable bonds is 5. The molecule has 110 valence electrons. The summed E-state index contributed by atoms with van der Waals surface area (Å²) in [7, 11) is 2.18. The van der Waals surface area contributed by atoms with Crippen LogP contribution in [0.25, 0.3) is 0 Å². The number of carbonyl (C=O) groups is 1. The van der Waals surface area contributed by atoms with Gasteiger partial charge in [-0.05, 0) is 46.2 Å². The Labute approximate surface area is 117 Å². The van der Waals surface area contributed by atoms with Crippen LogP contribution in [-0.2, 0) is 4.79 Å². The topological polar surface area (TPSA) is 35.6 Å². The molecule has 1 N–H and O–H groups in total. The first-order chi connectivity index (χ1) is 9.01. The molecule has 0 radical (unpaired) electrons. The van der Waals surface area contributed by atoms with Crippen LogP contribution >= 0.6 is 0 Å². The van der Waals surface area contributed by atoms with Crippen LogP contribution in [0.15, 0.2) is 0 Å². The van der Waals surface area contributed by atoms with Crippen molar-refractivity contribution < 1.29 is 4.79 Å². The molecule has 0 aromatic rings. The third-order valence-electron chi connectivity index (χ3n) is 4.94. The van der Waals surface area contributed by atoms with Crippen molar-refractivity contribution in [3.63, 3.8) is 0 Å². The Balaban J connectivity index is 2.08. The van der Waals surface area contributed by atoms with Gasteiger partial charge in [0.05, 0.1) is 11.7 Å². The van der Waals surface area contributed by atoms with Crippen molar-refractivity contribution in [2.45, 2.75) is 70.6 Å². The molecule has 4 nitrogen and oxygen atoms in total. The Bertz CT molecular complexity index is 333. The summed E-state index contributed by atoms with van der Waals surface area (Å²) in [4.78, 5) is 17.2. The standard InChI is InChI=1S/C15H29N3O/c1-5-8-13-16-15(3,6-2)14(19)18(13)11-12-9-7-10-17(12)4/h12-13,16H,5-11H2,1-4H3. The van der Waals surface area contributed by atoms with Gasteiger partial charge in [0, 0.05) is 12.6 Å². The molecule has 2 rings (SSSR count). The van der Waals surface area contributed by atoms with Gasteiger partial charge in [-0.15, -0.1) is 0 Å². The van der Waals surface area contributed by atoms with Gasteiger partial charge < -0.3 is 9.80 Å². The monoisotopic (exact) mass is 267 g/mol. The summed E-state index contributed by atoms with van der Waals surface area (Å²) in [6, 6.07) is 0.546. The third-order valence-corrected chi connectivity index (χ3v) is 4.94. The lowest BCUT2D eigenvalue weighted by molar-refractivity contribution is -0.133. The van der Waals surface area contributed by atoms with Crippen LogP contribution in [0.5, 0.6) is 0 Å². The molecule has 4 heteroatoms. The molecule has 2 heterocycles. The van der Waals surface area contributed by atoms with Gasteiger partial charge in [0.2, 0.25) is 5.91 Å². The van der Waals surface area contributed by atoms with Crippen LogP contribution in [0.3, 0.4) is 0 Å². The van der Waals surface area contributed by atoms with E-state index < -0.39 is 0 Å². The van der Waals surface area contributed by atoms with E-state index in [0.29, 0.717) is 11.9 Å². The summed E-state index contributed by atoms with van der Waals surface area (Å²) >= 11 is 0. The number of hydrogen-bond acceptors (Lipinski definition) is 3. The van der Waals surface area contributed by atoms with E-state index in [-0.39, 0.29) is 11.7 Å². The average Bonchev–Trinajstić information content (AvgIpc) is 2.88. The molecule has 0 aliphatic carbocycles. The molecule has 0 spiro atoms. The molecule has 1 amide bonds. The van der Waals surface area contributed by atoms with Crippen LogP contribution in [-0.4, -0.2) is 53.6 Å². The molecular weight excluding hydrogens is 238 g/mol. The second-order valence-electron chi connectivity index (χ2n) is 6.37. The Morgan fingerprint density at radius 1 is 1.42 bits per heavy atom. The van der Waals surface area contributed by atoms with Gasteiger partial charge in [-0.2, -0.15) is 0 Å². The SMILES string of the molecule is CCCC1NC(C)(CC)C(=O)N1CC1CCCN1C. The minimum Gasteiger partial charge on any atom is -0.324 e. The number of hydrogen-bond donors (Lipinski definition) is 1. The summed E-state index contributed by atoms with van der Waals surface area (Å²) in [5.41, 5.74) is -0.350. The Morgan fingerprint density at radius 2 is 2.16 bits per heavy atom. The number of nitrogens with one attached hydrogen (secondary N) is 1. The highest BCUT2D eigenvalue weighted by Gasteiger charge is 2.47. The largest absolute Gasteiger partial charge is 0.324 e. The predicted octanol–water partition coefficient (Wildman–Crippen LogP) is 1.81. The molecule has 2 fully saturated rings. The molecule has 0 bridgehead atoms. The maximum Gasteiger partial charge on any atom is 0.243 e. The van der Waals surface area contributed by atoms with Crippen molar-refractivity contribution in [3.8, 4) is 0 Å². The fraction of sp³-hybridized carbons (Fsp3) is 0.933. The van der Waals surface area contributed by atoms with Crippen molar-refractivity contribution in [3.05, 3.63) is 0 Å². The molecule has 2 aliphatic heterocycles. The first-order valence-electron chi connectivity index (χ1n) is 7.80. The summed E-state index contributed by atoms with van der Waals surface area (Å²) in [5.74, 6) is 0.300. The van der Waals surface area contributed by atoms with Crippen LogP contribution in [0.1, 0.15) is 52.9 Å². The van der Waals surface area contributed by atoms with E-state index in [4.69, 9.17) is 0 Å². The Hall–Kier alpha value is -0.610. The molecule has 0 saturated carbocycles. The molecule has 3 unspecified atom stereocenters. The van der Waals surface area contributed by atoms with Crippen LogP contribution in [0.4, 0.5) is 0 Å². The zero-order valence-electron chi connectivity index (χ0n) is 12.9. The fourth-order valence-corrected chi connectivity index (χ4v) is 3.37. The van der Waals surface area contributed by atoms with E-state index in [1.54, 1.807) is 0 Å². The zero-order valence-corrected chi connectivity index (χ0v) is 12.9. The van der Waals surface area contributed by atoms with Crippen LogP contribution < -0.4 is 5.32 Å². The highest BCUT2D eigenvalue weighted by atomic mass is 16.2. The predicted molar refractivity (Wildman–Crippen MR) is 77.9 cm³/mol. The second-order valence-corrected chi connectivity index (χ2v) is 6.37. The molecule has 19 heavy (non-hydrogen) atoms. The van der Waals surface area contributed by atoms with Gasteiger partial charge in [-0.3, -0.25) is 10.1 Å². The fourth-order valence-electron chi connectivity index (χ4n) is 3.37. The van der Waals surface area contributed by atoms with E-state index in [2.05, 4.69) is 42.9 Å². The van der Waals surface area contributed by atoms with Crippen LogP contribution in [0.2, 0.25) is 0 Å².